The second-order valence-corrected chi connectivity index (χ2v) is 5.57. The van der Waals surface area contributed by atoms with Crippen molar-refractivity contribution in [3.8, 4) is 0 Å². The van der Waals surface area contributed by atoms with E-state index in [1.807, 2.05) is 6.92 Å². The molecule has 0 aromatic heterocycles. The molecule has 2 heterocycles. The molecule has 3 heteroatoms. The van der Waals surface area contributed by atoms with Gasteiger partial charge in [-0.1, -0.05) is 13.8 Å². The van der Waals surface area contributed by atoms with Crippen molar-refractivity contribution in [1.29, 1.82) is 0 Å². The van der Waals surface area contributed by atoms with E-state index >= 15 is 0 Å². The van der Waals surface area contributed by atoms with Crippen LogP contribution in [0.2, 0.25) is 0 Å². The molecule has 0 amide bonds. The summed E-state index contributed by atoms with van der Waals surface area (Å²) in [5.41, 5.74) is 0. The first-order valence-corrected chi connectivity index (χ1v) is 6.65. The summed E-state index contributed by atoms with van der Waals surface area (Å²) in [6.45, 7) is 7.72. The van der Waals surface area contributed by atoms with Crippen LogP contribution in [0.5, 0.6) is 0 Å². The summed E-state index contributed by atoms with van der Waals surface area (Å²) in [6.07, 6.45) is 3.11. The molecular formula is C13H24FNO. The fourth-order valence-corrected chi connectivity index (χ4v) is 2.73. The summed E-state index contributed by atoms with van der Waals surface area (Å²) in [7, 11) is 0. The van der Waals surface area contributed by atoms with Crippen LogP contribution in [0.15, 0.2) is 0 Å². The minimum absolute atomic E-state index is 0.237. The molecular weight excluding hydrogens is 205 g/mol. The van der Waals surface area contributed by atoms with E-state index in [1.54, 1.807) is 0 Å². The van der Waals surface area contributed by atoms with Gasteiger partial charge in [0.2, 0.25) is 0 Å². The molecule has 2 aliphatic rings. The molecule has 0 bridgehead atoms. The van der Waals surface area contributed by atoms with Crippen LogP contribution >= 0.6 is 0 Å². The highest BCUT2D eigenvalue weighted by molar-refractivity contribution is 4.81. The second-order valence-electron chi connectivity index (χ2n) is 5.57. The first-order chi connectivity index (χ1) is 7.66. The molecule has 2 fully saturated rings. The number of nitrogens with zero attached hydrogens (tertiary/aromatic N) is 1. The highest BCUT2D eigenvalue weighted by Gasteiger charge is 2.30. The topological polar surface area (TPSA) is 12.5 Å². The summed E-state index contributed by atoms with van der Waals surface area (Å²) in [5, 5.41) is 0. The van der Waals surface area contributed by atoms with Gasteiger partial charge in [-0.3, -0.25) is 4.90 Å². The van der Waals surface area contributed by atoms with Crippen LogP contribution in [-0.4, -0.2) is 43.4 Å². The van der Waals surface area contributed by atoms with Crippen LogP contribution in [0, 0.1) is 11.8 Å². The number of ether oxygens (including phenoxy) is 1. The molecule has 0 aromatic rings. The van der Waals surface area contributed by atoms with Gasteiger partial charge in [0, 0.05) is 19.7 Å². The quantitative estimate of drug-likeness (QED) is 0.721. The van der Waals surface area contributed by atoms with E-state index in [9.17, 15) is 4.39 Å². The molecule has 0 spiro atoms. The Labute approximate surface area is 98.1 Å². The summed E-state index contributed by atoms with van der Waals surface area (Å²) >= 11 is 0. The van der Waals surface area contributed by atoms with Gasteiger partial charge in [-0.15, -0.1) is 0 Å². The Hall–Kier alpha value is -0.150. The third-order valence-corrected chi connectivity index (χ3v) is 4.16. The number of rotatable bonds is 2. The van der Waals surface area contributed by atoms with E-state index in [0.29, 0.717) is 18.6 Å². The average molecular weight is 229 g/mol. The Bertz CT molecular complexity index is 224. The Kier molecular flexibility index (Phi) is 4.20. The highest BCUT2D eigenvalue weighted by atomic mass is 19.1. The lowest BCUT2D eigenvalue weighted by atomic mass is 9.93. The predicted octanol–water partition coefficient (Wildman–Crippen LogP) is 2.48. The van der Waals surface area contributed by atoms with E-state index in [2.05, 4.69) is 11.8 Å². The molecule has 0 aliphatic carbocycles. The van der Waals surface area contributed by atoms with Crippen molar-refractivity contribution in [2.75, 3.05) is 26.2 Å². The van der Waals surface area contributed by atoms with Gasteiger partial charge < -0.3 is 4.74 Å². The lowest BCUT2D eigenvalue weighted by Crippen LogP contribution is -2.46. The smallest absolute Gasteiger partial charge is 0.115 e. The van der Waals surface area contributed by atoms with Crippen molar-refractivity contribution in [3.63, 3.8) is 0 Å². The Morgan fingerprint density at radius 1 is 1.25 bits per heavy atom. The minimum atomic E-state index is -0.646. The van der Waals surface area contributed by atoms with E-state index in [0.717, 1.165) is 26.1 Å². The molecule has 0 aromatic carbocycles. The average Bonchev–Trinajstić information content (AvgIpc) is 2.27. The molecule has 0 N–H and O–H groups in total. The van der Waals surface area contributed by atoms with Crippen LogP contribution in [0.25, 0.3) is 0 Å². The van der Waals surface area contributed by atoms with Crippen LogP contribution < -0.4 is 0 Å². The van der Waals surface area contributed by atoms with E-state index in [4.69, 9.17) is 4.74 Å². The van der Waals surface area contributed by atoms with Crippen molar-refractivity contribution in [2.24, 2.45) is 11.8 Å². The summed E-state index contributed by atoms with van der Waals surface area (Å²) < 4.78 is 19.4. The molecule has 0 unspecified atom stereocenters. The van der Waals surface area contributed by atoms with Gasteiger partial charge in [0.25, 0.3) is 0 Å². The Morgan fingerprint density at radius 2 is 2.06 bits per heavy atom. The number of hydrogen-bond acceptors (Lipinski definition) is 2. The molecule has 0 radical (unpaired) electrons. The lowest BCUT2D eigenvalue weighted by molar-refractivity contribution is -0.0484. The third kappa shape index (κ3) is 2.95. The molecule has 16 heavy (non-hydrogen) atoms. The first kappa shape index (κ1) is 12.3. The van der Waals surface area contributed by atoms with Gasteiger partial charge >= 0.3 is 0 Å². The number of likely N-dealkylation sites (tertiary alicyclic amines) is 1. The molecule has 2 nitrogen and oxygen atoms in total. The van der Waals surface area contributed by atoms with Crippen molar-refractivity contribution in [3.05, 3.63) is 0 Å². The van der Waals surface area contributed by atoms with Crippen LogP contribution in [0.3, 0.4) is 0 Å². The number of halogens is 1. The lowest BCUT2D eigenvalue weighted by Gasteiger charge is -2.38. The molecule has 0 saturated carbocycles. The monoisotopic (exact) mass is 229 g/mol. The standard InChI is InChI=1S/C13H24FNO/c1-10-5-6-15(8-12(10)14)9-13-11(2)4-3-7-16-13/h10-13H,3-9H2,1-2H3/t10-,11-,12+,13+/m1/s1. The van der Waals surface area contributed by atoms with Crippen molar-refractivity contribution < 1.29 is 9.13 Å². The van der Waals surface area contributed by atoms with Crippen molar-refractivity contribution in [2.45, 2.75) is 45.4 Å². The van der Waals surface area contributed by atoms with Gasteiger partial charge in [0.15, 0.2) is 0 Å². The van der Waals surface area contributed by atoms with Crippen LogP contribution in [0.4, 0.5) is 4.39 Å². The first-order valence-electron chi connectivity index (χ1n) is 6.65. The maximum Gasteiger partial charge on any atom is 0.115 e. The molecule has 2 rings (SSSR count). The maximum absolute atomic E-state index is 13.6. The molecule has 94 valence electrons. The van der Waals surface area contributed by atoms with Gasteiger partial charge in [-0.2, -0.15) is 0 Å². The zero-order chi connectivity index (χ0) is 11.5. The number of hydrogen-bond donors (Lipinski definition) is 0. The molecule has 4 atom stereocenters. The van der Waals surface area contributed by atoms with Crippen molar-refractivity contribution in [1.82, 2.24) is 4.90 Å². The summed E-state index contributed by atoms with van der Waals surface area (Å²) in [5.74, 6) is 0.868. The van der Waals surface area contributed by atoms with E-state index in [1.165, 1.54) is 12.8 Å². The van der Waals surface area contributed by atoms with Gasteiger partial charge in [-0.25, -0.2) is 4.39 Å². The van der Waals surface area contributed by atoms with Crippen LogP contribution in [-0.2, 0) is 4.74 Å². The normalized spacial score (nSPS) is 42.2. The number of alkyl halides is 1. The van der Waals surface area contributed by atoms with Gasteiger partial charge in [0.1, 0.15) is 6.17 Å². The fourth-order valence-electron chi connectivity index (χ4n) is 2.73. The third-order valence-electron chi connectivity index (χ3n) is 4.16. The minimum Gasteiger partial charge on any atom is -0.377 e. The highest BCUT2D eigenvalue weighted by Crippen LogP contribution is 2.24. The summed E-state index contributed by atoms with van der Waals surface area (Å²) in [6, 6.07) is 0. The maximum atomic E-state index is 13.6. The zero-order valence-electron chi connectivity index (χ0n) is 10.5. The molecule has 2 aliphatic heterocycles. The largest absolute Gasteiger partial charge is 0.377 e. The van der Waals surface area contributed by atoms with Gasteiger partial charge in [0.05, 0.1) is 6.10 Å². The van der Waals surface area contributed by atoms with E-state index in [-0.39, 0.29) is 5.92 Å². The Morgan fingerprint density at radius 3 is 2.75 bits per heavy atom. The SMILES string of the molecule is C[C@@H]1CCCO[C@H]1CN1CC[C@@H](C)[C@@H](F)C1. The number of piperidine rings is 1. The zero-order valence-corrected chi connectivity index (χ0v) is 10.5. The second kappa shape index (κ2) is 5.46. The summed E-state index contributed by atoms with van der Waals surface area (Å²) in [4.78, 5) is 2.25. The predicted molar refractivity (Wildman–Crippen MR) is 63.3 cm³/mol. The van der Waals surface area contributed by atoms with Crippen LogP contribution in [0.1, 0.15) is 33.1 Å². The Balaban J connectivity index is 1.80. The fraction of sp³-hybridized carbons (Fsp3) is 1.00. The molecule has 2 saturated heterocycles. The van der Waals surface area contributed by atoms with E-state index < -0.39 is 6.17 Å². The van der Waals surface area contributed by atoms with Gasteiger partial charge in [-0.05, 0) is 37.6 Å². The van der Waals surface area contributed by atoms with Crippen molar-refractivity contribution >= 4 is 0 Å².